The number of anilines is 1. The number of nitrogens with zero attached hydrogens (tertiary/aromatic N) is 3. The normalized spacial score (nSPS) is 14.9. The summed E-state index contributed by atoms with van der Waals surface area (Å²) >= 11 is 0. The minimum absolute atomic E-state index is 0.459. The highest BCUT2D eigenvalue weighted by Gasteiger charge is 2.15. The lowest BCUT2D eigenvalue weighted by Crippen LogP contribution is -2.37. The topological polar surface area (TPSA) is 74.9 Å². The summed E-state index contributed by atoms with van der Waals surface area (Å²) in [5, 5.41) is 10.9. The maximum Gasteiger partial charge on any atom is 0.191 e. The zero-order chi connectivity index (χ0) is 21.2. The van der Waals surface area contributed by atoms with Gasteiger partial charge < -0.3 is 24.8 Å². The summed E-state index contributed by atoms with van der Waals surface area (Å²) in [6.07, 6.45) is 2.14. The fourth-order valence-corrected chi connectivity index (χ4v) is 3.75. The number of guanidine groups is 1. The van der Waals surface area contributed by atoms with E-state index in [1.54, 1.807) is 0 Å². The average molecular weight is 414 g/mol. The molecule has 1 fully saturated rings. The molecule has 2 aromatic rings. The molecular weight excluding hydrogens is 378 g/mol. The molecule has 1 aliphatic heterocycles. The minimum Gasteiger partial charge on any atom is -0.378 e. The lowest BCUT2D eigenvalue weighted by atomic mass is 9.99. The van der Waals surface area contributed by atoms with Gasteiger partial charge in [0.25, 0.3) is 0 Å². The van der Waals surface area contributed by atoms with Crippen LogP contribution in [0.1, 0.15) is 56.5 Å². The largest absolute Gasteiger partial charge is 0.378 e. The summed E-state index contributed by atoms with van der Waals surface area (Å²) in [6, 6.07) is 10.5. The Labute approximate surface area is 179 Å². The molecule has 164 valence electrons. The SMILES string of the molecule is CCNC(=NCc1ccccc1N1CCOCC1)NCc1cc(C(CC)CC)no1. The second kappa shape index (κ2) is 11.6. The molecule has 0 saturated carbocycles. The molecule has 2 heterocycles. The van der Waals surface area contributed by atoms with Crippen LogP contribution in [0.3, 0.4) is 0 Å². The molecule has 0 amide bonds. The number of ether oxygens (including phenoxy) is 1. The molecule has 7 nitrogen and oxygen atoms in total. The fourth-order valence-electron chi connectivity index (χ4n) is 3.75. The predicted molar refractivity (Wildman–Crippen MR) is 121 cm³/mol. The molecule has 0 bridgehead atoms. The first-order valence-electron chi connectivity index (χ1n) is 11.1. The number of morpholine rings is 1. The summed E-state index contributed by atoms with van der Waals surface area (Å²) in [6.45, 7) is 11.8. The smallest absolute Gasteiger partial charge is 0.191 e. The summed E-state index contributed by atoms with van der Waals surface area (Å²) in [4.78, 5) is 7.18. The summed E-state index contributed by atoms with van der Waals surface area (Å²) in [5.41, 5.74) is 3.50. The number of hydrogen-bond donors (Lipinski definition) is 2. The second-order valence-corrected chi connectivity index (χ2v) is 7.51. The van der Waals surface area contributed by atoms with Crippen LogP contribution in [0.25, 0.3) is 0 Å². The van der Waals surface area contributed by atoms with Crippen LogP contribution in [0.15, 0.2) is 39.8 Å². The van der Waals surface area contributed by atoms with E-state index in [0.717, 1.165) is 63.1 Å². The van der Waals surface area contributed by atoms with Crippen molar-refractivity contribution in [1.82, 2.24) is 15.8 Å². The third kappa shape index (κ3) is 5.98. The summed E-state index contributed by atoms with van der Waals surface area (Å²) in [7, 11) is 0. The van der Waals surface area contributed by atoms with E-state index >= 15 is 0 Å². The summed E-state index contributed by atoms with van der Waals surface area (Å²) < 4.78 is 11.0. The summed E-state index contributed by atoms with van der Waals surface area (Å²) in [5.74, 6) is 2.06. The zero-order valence-corrected chi connectivity index (χ0v) is 18.5. The van der Waals surface area contributed by atoms with Crippen LogP contribution in [-0.2, 0) is 17.8 Å². The van der Waals surface area contributed by atoms with Crippen LogP contribution in [0, 0.1) is 0 Å². The molecule has 0 spiro atoms. The Kier molecular flexibility index (Phi) is 8.56. The standard InChI is InChI=1S/C23H35N5O2/c1-4-18(5-2)21-15-20(30-27-21)17-26-23(24-6-3)25-16-19-9-7-8-10-22(19)28-11-13-29-14-12-28/h7-10,15,18H,4-6,11-14,16-17H2,1-3H3,(H2,24,25,26). The van der Waals surface area contributed by atoms with Crippen molar-refractivity contribution in [3.05, 3.63) is 47.3 Å². The third-order valence-corrected chi connectivity index (χ3v) is 5.51. The van der Waals surface area contributed by atoms with Gasteiger partial charge in [0, 0.05) is 37.3 Å². The number of nitrogens with one attached hydrogen (secondary N) is 2. The van der Waals surface area contributed by atoms with Crippen molar-refractivity contribution in [3.63, 3.8) is 0 Å². The zero-order valence-electron chi connectivity index (χ0n) is 18.5. The van der Waals surface area contributed by atoms with Gasteiger partial charge in [-0.25, -0.2) is 4.99 Å². The van der Waals surface area contributed by atoms with Crippen molar-refractivity contribution in [3.8, 4) is 0 Å². The van der Waals surface area contributed by atoms with Crippen LogP contribution in [-0.4, -0.2) is 44.0 Å². The van der Waals surface area contributed by atoms with E-state index in [0.29, 0.717) is 19.0 Å². The quantitative estimate of drug-likeness (QED) is 0.483. The molecule has 0 radical (unpaired) electrons. The van der Waals surface area contributed by atoms with Crippen LogP contribution < -0.4 is 15.5 Å². The van der Waals surface area contributed by atoms with Crippen molar-refractivity contribution in [2.45, 2.75) is 52.6 Å². The van der Waals surface area contributed by atoms with E-state index in [1.165, 1.54) is 11.3 Å². The molecule has 1 aliphatic rings. The Bertz CT molecular complexity index is 794. The van der Waals surface area contributed by atoms with E-state index in [2.05, 4.69) is 71.8 Å². The highest BCUT2D eigenvalue weighted by molar-refractivity contribution is 5.79. The molecule has 2 N–H and O–H groups in total. The number of aliphatic imine (C=N–C) groups is 1. The first-order valence-corrected chi connectivity index (χ1v) is 11.1. The van der Waals surface area contributed by atoms with E-state index in [1.807, 2.05) is 0 Å². The average Bonchev–Trinajstić information content (AvgIpc) is 3.26. The molecule has 0 aliphatic carbocycles. The Balaban J connectivity index is 1.64. The van der Waals surface area contributed by atoms with Gasteiger partial charge in [0.1, 0.15) is 0 Å². The second-order valence-electron chi connectivity index (χ2n) is 7.51. The number of aromatic nitrogens is 1. The number of rotatable bonds is 9. The van der Waals surface area contributed by atoms with Gasteiger partial charge in [-0.05, 0) is 31.4 Å². The first kappa shape index (κ1) is 22.2. The molecule has 3 rings (SSSR count). The van der Waals surface area contributed by atoms with Gasteiger partial charge in [-0.1, -0.05) is 37.2 Å². The maximum absolute atomic E-state index is 5.53. The van der Waals surface area contributed by atoms with Crippen molar-refractivity contribution < 1.29 is 9.26 Å². The highest BCUT2D eigenvalue weighted by Crippen LogP contribution is 2.23. The molecule has 1 aromatic carbocycles. The van der Waals surface area contributed by atoms with Gasteiger partial charge >= 0.3 is 0 Å². The lowest BCUT2D eigenvalue weighted by molar-refractivity contribution is 0.122. The first-order chi connectivity index (χ1) is 14.7. The van der Waals surface area contributed by atoms with Crippen molar-refractivity contribution in [2.75, 3.05) is 37.7 Å². The minimum atomic E-state index is 0.459. The van der Waals surface area contributed by atoms with E-state index in [4.69, 9.17) is 14.3 Å². The van der Waals surface area contributed by atoms with Gasteiger partial charge in [-0.2, -0.15) is 0 Å². The molecular formula is C23H35N5O2. The molecule has 0 atom stereocenters. The van der Waals surface area contributed by atoms with Crippen molar-refractivity contribution in [2.24, 2.45) is 4.99 Å². The van der Waals surface area contributed by atoms with Gasteiger partial charge in [0.2, 0.25) is 0 Å². The van der Waals surface area contributed by atoms with Crippen LogP contribution >= 0.6 is 0 Å². The van der Waals surface area contributed by atoms with E-state index in [-0.39, 0.29) is 0 Å². The van der Waals surface area contributed by atoms with Crippen molar-refractivity contribution in [1.29, 1.82) is 0 Å². The molecule has 1 saturated heterocycles. The predicted octanol–water partition coefficient (Wildman–Crippen LogP) is 3.67. The fraction of sp³-hybridized carbons (Fsp3) is 0.565. The number of para-hydroxylation sites is 1. The Morgan fingerprint density at radius 2 is 1.90 bits per heavy atom. The van der Waals surface area contributed by atoms with E-state index in [9.17, 15) is 0 Å². The lowest BCUT2D eigenvalue weighted by Gasteiger charge is -2.30. The Hall–Kier alpha value is -2.54. The number of hydrogen-bond acceptors (Lipinski definition) is 5. The van der Waals surface area contributed by atoms with Crippen LogP contribution in [0.2, 0.25) is 0 Å². The Morgan fingerprint density at radius 3 is 2.63 bits per heavy atom. The van der Waals surface area contributed by atoms with Gasteiger partial charge in [0.05, 0.1) is 32.0 Å². The molecule has 0 unspecified atom stereocenters. The number of benzene rings is 1. The van der Waals surface area contributed by atoms with Gasteiger partial charge in [-0.15, -0.1) is 0 Å². The van der Waals surface area contributed by atoms with Gasteiger partial charge in [0.15, 0.2) is 11.7 Å². The third-order valence-electron chi connectivity index (χ3n) is 5.51. The molecule has 30 heavy (non-hydrogen) atoms. The maximum atomic E-state index is 5.53. The van der Waals surface area contributed by atoms with Crippen LogP contribution in [0.4, 0.5) is 5.69 Å². The molecule has 1 aromatic heterocycles. The van der Waals surface area contributed by atoms with E-state index < -0.39 is 0 Å². The van der Waals surface area contributed by atoms with Gasteiger partial charge in [-0.3, -0.25) is 0 Å². The highest BCUT2D eigenvalue weighted by atomic mass is 16.5. The monoisotopic (exact) mass is 413 g/mol. The Morgan fingerprint density at radius 1 is 1.13 bits per heavy atom. The van der Waals surface area contributed by atoms with Crippen LogP contribution in [0.5, 0.6) is 0 Å². The molecule has 7 heteroatoms. The van der Waals surface area contributed by atoms with Crippen molar-refractivity contribution >= 4 is 11.6 Å².